The van der Waals surface area contributed by atoms with Crippen LogP contribution >= 0.6 is 0 Å². The molecule has 6 atom stereocenters. The molecule has 0 aromatic carbocycles. The van der Waals surface area contributed by atoms with Gasteiger partial charge in [-0.3, -0.25) is 9.59 Å². The molecule has 166 valence electrons. The third-order valence-electron chi connectivity index (χ3n) is 10.4. The SMILES string of the molecule is C[C@]12CCC3C(CCC4=CC(=O)CC[C@@]43C)C1CCC2OC(=O)CCC1CCCC1. The van der Waals surface area contributed by atoms with Gasteiger partial charge in [-0.25, -0.2) is 0 Å². The van der Waals surface area contributed by atoms with E-state index >= 15 is 0 Å². The van der Waals surface area contributed by atoms with Gasteiger partial charge in [-0.2, -0.15) is 0 Å². The van der Waals surface area contributed by atoms with Gasteiger partial charge >= 0.3 is 5.97 Å². The second kappa shape index (κ2) is 7.78. The average molecular weight is 413 g/mol. The zero-order valence-electron chi connectivity index (χ0n) is 19.1. The van der Waals surface area contributed by atoms with E-state index in [0.29, 0.717) is 24.0 Å². The maximum absolute atomic E-state index is 12.7. The number of rotatable bonds is 4. The van der Waals surface area contributed by atoms with Crippen molar-refractivity contribution in [2.45, 2.75) is 110 Å². The summed E-state index contributed by atoms with van der Waals surface area (Å²) in [5.74, 6) is 3.28. The Balaban J connectivity index is 1.25. The molecule has 5 rings (SSSR count). The first-order chi connectivity index (χ1) is 14.4. The summed E-state index contributed by atoms with van der Waals surface area (Å²) in [5.41, 5.74) is 1.83. The summed E-state index contributed by atoms with van der Waals surface area (Å²) in [6, 6.07) is 0. The maximum Gasteiger partial charge on any atom is 0.306 e. The van der Waals surface area contributed by atoms with Crippen molar-refractivity contribution in [3.8, 4) is 0 Å². The lowest BCUT2D eigenvalue weighted by molar-refractivity contribution is -0.160. The van der Waals surface area contributed by atoms with Gasteiger partial charge < -0.3 is 4.74 Å². The zero-order valence-corrected chi connectivity index (χ0v) is 19.1. The van der Waals surface area contributed by atoms with Crippen LogP contribution in [0.15, 0.2) is 11.6 Å². The Labute approximate surface area is 182 Å². The van der Waals surface area contributed by atoms with E-state index in [1.165, 1.54) is 56.9 Å². The summed E-state index contributed by atoms with van der Waals surface area (Å²) in [5, 5.41) is 0. The van der Waals surface area contributed by atoms with Gasteiger partial charge in [-0.05, 0) is 86.5 Å². The quantitative estimate of drug-likeness (QED) is 0.502. The lowest BCUT2D eigenvalue weighted by Gasteiger charge is -2.57. The second-order valence-corrected chi connectivity index (χ2v) is 11.8. The molecular weight excluding hydrogens is 372 g/mol. The molecule has 0 N–H and O–H groups in total. The van der Waals surface area contributed by atoms with E-state index in [1.54, 1.807) is 0 Å². The van der Waals surface area contributed by atoms with Crippen LogP contribution < -0.4 is 0 Å². The normalized spacial score (nSPS) is 43.5. The molecule has 5 aliphatic carbocycles. The van der Waals surface area contributed by atoms with Gasteiger partial charge in [0.15, 0.2) is 5.78 Å². The summed E-state index contributed by atoms with van der Waals surface area (Å²) in [6.45, 7) is 4.87. The second-order valence-electron chi connectivity index (χ2n) is 11.8. The van der Waals surface area contributed by atoms with E-state index in [9.17, 15) is 9.59 Å². The van der Waals surface area contributed by atoms with Crippen molar-refractivity contribution >= 4 is 11.8 Å². The van der Waals surface area contributed by atoms with Crippen molar-refractivity contribution < 1.29 is 14.3 Å². The summed E-state index contributed by atoms with van der Waals surface area (Å²) in [6.07, 6.45) is 17.8. The first-order valence-electron chi connectivity index (χ1n) is 12.8. The Morgan fingerprint density at radius 3 is 2.60 bits per heavy atom. The van der Waals surface area contributed by atoms with Crippen LogP contribution in [0.3, 0.4) is 0 Å². The van der Waals surface area contributed by atoms with Crippen LogP contribution in [-0.4, -0.2) is 17.9 Å². The van der Waals surface area contributed by atoms with Gasteiger partial charge in [0.2, 0.25) is 0 Å². The fourth-order valence-electron chi connectivity index (χ4n) is 8.54. The van der Waals surface area contributed by atoms with E-state index < -0.39 is 0 Å². The molecule has 30 heavy (non-hydrogen) atoms. The highest BCUT2D eigenvalue weighted by Gasteiger charge is 2.59. The molecule has 0 aliphatic heterocycles. The fourth-order valence-corrected chi connectivity index (χ4v) is 8.54. The Morgan fingerprint density at radius 2 is 1.80 bits per heavy atom. The maximum atomic E-state index is 12.7. The zero-order chi connectivity index (χ0) is 20.9. The molecule has 0 spiro atoms. The Morgan fingerprint density at radius 1 is 1.00 bits per heavy atom. The third kappa shape index (κ3) is 3.39. The molecule has 0 aromatic heterocycles. The van der Waals surface area contributed by atoms with Gasteiger partial charge in [0, 0.05) is 18.3 Å². The Bertz CT molecular complexity index is 732. The van der Waals surface area contributed by atoms with Gasteiger partial charge in [-0.15, -0.1) is 0 Å². The van der Waals surface area contributed by atoms with Crippen LogP contribution in [0.4, 0.5) is 0 Å². The van der Waals surface area contributed by atoms with Crippen LogP contribution in [0.5, 0.6) is 0 Å². The van der Waals surface area contributed by atoms with Crippen molar-refractivity contribution in [3.63, 3.8) is 0 Å². The first kappa shape index (κ1) is 20.8. The number of allylic oxidation sites excluding steroid dienone is 1. The van der Waals surface area contributed by atoms with E-state index in [4.69, 9.17) is 4.74 Å². The van der Waals surface area contributed by atoms with Crippen molar-refractivity contribution in [2.75, 3.05) is 0 Å². The number of ketones is 1. The Hall–Kier alpha value is -1.12. The highest BCUT2D eigenvalue weighted by Crippen LogP contribution is 2.65. The molecule has 3 nitrogen and oxygen atoms in total. The monoisotopic (exact) mass is 412 g/mol. The molecule has 0 saturated heterocycles. The minimum absolute atomic E-state index is 0.0579. The number of carbonyl (C=O) groups is 2. The van der Waals surface area contributed by atoms with Gasteiger partial charge in [0.25, 0.3) is 0 Å². The largest absolute Gasteiger partial charge is 0.462 e. The summed E-state index contributed by atoms with van der Waals surface area (Å²) in [7, 11) is 0. The lowest BCUT2D eigenvalue weighted by atomic mass is 9.47. The predicted octanol–water partition coefficient (Wildman–Crippen LogP) is 6.40. The molecular formula is C27H40O3. The van der Waals surface area contributed by atoms with Crippen LogP contribution in [0, 0.1) is 34.5 Å². The predicted molar refractivity (Wildman–Crippen MR) is 118 cm³/mol. The molecule has 4 unspecified atom stereocenters. The summed E-state index contributed by atoms with van der Waals surface area (Å²) in [4.78, 5) is 24.7. The van der Waals surface area contributed by atoms with E-state index in [2.05, 4.69) is 13.8 Å². The molecule has 5 aliphatic rings. The van der Waals surface area contributed by atoms with Crippen LogP contribution in [0.1, 0.15) is 104 Å². The lowest BCUT2D eigenvalue weighted by Crippen LogP contribution is -2.51. The number of esters is 1. The van der Waals surface area contributed by atoms with Crippen molar-refractivity contribution in [3.05, 3.63) is 11.6 Å². The number of carbonyl (C=O) groups excluding carboxylic acids is 2. The number of ether oxygens (including phenoxy) is 1. The first-order valence-corrected chi connectivity index (χ1v) is 12.8. The van der Waals surface area contributed by atoms with Crippen molar-refractivity contribution in [2.24, 2.45) is 34.5 Å². The molecule has 0 aromatic rings. The average Bonchev–Trinajstić information content (AvgIpc) is 3.35. The molecule has 0 bridgehead atoms. The van der Waals surface area contributed by atoms with Crippen LogP contribution in [0.25, 0.3) is 0 Å². The number of hydrogen-bond donors (Lipinski definition) is 0. The topological polar surface area (TPSA) is 43.4 Å². The Kier molecular flexibility index (Phi) is 5.39. The highest BCUT2D eigenvalue weighted by molar-refractivity contribution is 5.91. The molecule has 3 heteroatoms. The number of fused-ring (bicyclic) bond motifs is 5. The van der Waals surface area contributed by atoms with Crippen molar-refractivity contribution in [1.82, 2.24) is 0 Å². The van der Waals surface area contributed by atoms with E-state index in [0.717, 1.165) is 43.9 Å². The summed E-state index contributed by atoms with van der Waals surface area (Å²) < 4.78 is 6.17. The summed E-state index contributed by atoms with van der Waals surface area (Å²) >= 11 is 0. The molecule has 0 heterocycles. The molecule has 0 amide bonds. The fraction of sp³-hybridized carbons (Fsp3) is 0.852. The standard InChI is InChI=1S/C27H40O3/c1-26-15-13-20(28)17-19(26)8-9-21-22-10-11-24(27(22,2)16-14-23(21)26)30-25(29)12-7-18-5-3-4-6-18/h17-18,21-24H,3-16H2,1-2H3/t21?,22?,23?,24?,26-,27-/m0/s1. The smallest absolute Gasteiger partial charge is 0.306 e. The van der Waals surface area contributed by atoms with Crippen molar-refractivity contribution in [1.29, 1.82) is 0 Å². The van der Waals surface area contributed by atoms with E-state index in [1.807, 2.05) is 6.08 Å². The van der Waals surface area contributed by atoms with E-state index in [-0.39, 0.29) is 22.9 Å². The molecule has 4 fully saturated rings. The van der Waals surface area contributed by atoms with Crippen LogP contribution in [-0.2, 0) is 14.3 Å². The minimum atomic E-state index is 0.0579. The third-order valence-corrected chi connectivity index (χ3v) is 10.4. The van der Waals surface area contributed by atoms with Gasteiger partial charge in [-0.1, -0.05) is 45.1 Å². The molecule has 4 saturated carbocycles. The van der Waals surface area contributed by atoms with Gasteiger partial charge in [0.05, 0.1) is 0 Å². The molecule has 0 radical (unpaired) electrons. The van der Waals surface area contributed by atoms with Gasteiger partial charge in [0.1, 0.15) is 6.10 Å². The minimum Gasteiger partial charge on any atom is -0.462 e. The highest BCUT2D eigenvalue weighted by atomic mass is 16.5. The number of hydrogen-bond acceptors (Lipinski definition) is 3. The van der Waals surface area contributed by atoms with Crippen LogP contribution in [0.2, 0.25) is 0 Å².